The molecule has 1 unspecified atom stereocenters. The lowest BCUT2D eigenvalue weighted by molar-refractivity contribution is 0.590. The van der Waals surface area contributed by atoms with Gasteiger partial charge in [0, 0.05) is 22.3 Å². The molecule has 0 saturated carbocycles. The minimum Gasteiger partial charge on any atom is -0.456 e. The Labute approximate surface area is 177 Å². The van der Waals surface area contributed by atoms with Gasteiger partial charge in [-0.25, -0.2) is 0 Å². The Bertz CT molecular complexity index is 1410. The minimum absolute atomic E-state index is 0.115. The molecule has 1 heterocycles. The molecule has 0 saturated heterocycles. The maximum atomic E-state index is 6.48. The molecular weight excluding hydrogens is 364 g/mol. The Hall–Kier alpha value is -3.32. The zero-order chi connectivity index (χ0) is 20.5. The van der Waals surface area contributed by atoms with E-state index < -0.39 is 0 Å². The van der Waals surface area contributed by atoms with Crippen molar-refractivity contribution in [3.63, 3.8) is 0 Å². The quantitative estimate of drug-likeness (QED) is 0.278. The van der Waals surface area contributed by atoms with Crippen LogP contribution in [0.1, 0.15) is 48.9 Å². The van der Waals surface area contributed by atoms with Gasteiger partial charge in [0.2, 0.25) is 0 Å². The lowest BCUT2D eigenvalue weighted by atomic mass is 9.84. The maximum Gasteiger partial charge on any atom is 0.140 e. The van der Waals surface area contributed by atoms with Crippen molar-refractivity contribution in [3.05, 3.63) is 107 Å². The van der Waals surface area contributed by atoms with Crippen LogP contribution in [0.15, 0.2) is 89.3 Å². The number of fused-ring (bicyclic) bond motifs is 7. The molecule has 0 bridgehead atoms. The Morgan fingerprint density at radius 2 is 1.47 bits per heavy atom. The van der Waals surface area contributed by atoms with Gasteiger partial charge >= 0.3 is 0 Å². The molecule has 6 rings (SSSR count). The molecule has 1 aromatic heterocycles. The van der Waals surface area contributed by atoms with Crippen LogP contribution in [-0.2, 0) is 5.41 Å². The molecule has 0 radical (unpaired) electrons. The molecule has 146 valence electrons. The summed E-state index contributed by atoms with van der Waals surface area (Å²) in [6.07, 6.45) is 0. The summed E-state index contributed by atoms with van der Waals surface area (Å²) in [7, 11) is 0. The molecule has 1 nitrogen and oxygen atoms in total. The second-order valence-electron chi connectivity index (χ2n) is 9.40. The predicted molar refractivity (Wildman–Crippen MR) is 125 cm³/mol. The van der Waals surface area contributed by atoms with Crippen LogP contribution in [0.3, 0.4) is 0 Å². The van der Waals surface area contributed by atoms with Gasteiger partial charge in [-0.2, -0.15) is 0 Å². The summed E-state index contributed by atoms with van der Waals surface area (Å²) in [5.41, 5.74) is 10.1. The average Bonchev–Trinajstić information content (AvgIpc) is 3.29. The molecule has 0 fully saturated rings. The van der Waals surface area contributed by atoms with E-state index in [2.05, 4.69) is 99.6 Å². The molecule has 0 spiro atoms. The second-order valence-corrected chi connectivity index (χ2v) is 9.40. The molecule has 4 aromatic carbocycles. The number of para-hydroxylation sites is 1. The Morgan fingerprint density at radius 3 is 2.27 bits per heavy atom. The molecule has 1 aliphatic rings. The summed E-state index contributed by atoms with van der Waals surface area (Å²) in [6, 6.07) is 30.8. The highest BCUT2D eigenvalue weighted by molar-refractivity contribution is 6.09. The van der Waals surface area contributed by atoms with Gasteiger partial charge in [0.05, 0.1) is 0 Å². The van der Waals surface area contributed by atoms with E-state index in [1.54, 1.807) is 0 Å². The number of rotatable bonds is 1. The Balaban J connectivity index is 1.72. The first-order chi connectivity index (χ1) is 14.5. The van der Waals surface area contributed by atoms with Crippen molar-refractivity contribution in [3.8, 4) is 11.1 Å². The van der Waals surface area contributed by atoms with E-state index in [0.29, 0.717) is 0 Å². The van der Waals surface area contributed by atoms with Crippen molar-refractivity contribution in [1.82, 2.24) is 0 Å². The summed E-state index contributed by atoms with van der Waals surface area (Å²) in [5, 5.41) is 2.39. The van der Waals surface area contributed by atoms with Crippen LogP contribution in [0, 0.1) is 0 Å². The predicted octanol–water partition coefficient (Wildman–Crippen LogP) is 8.04. The van der Waals surface area contributed by atoms with E-state index in [4.69, 9.17) is 4.42 Å². The van der Waals surface area contributed by atoms with Crippen molar-refractivity contribution in [2.45, 2.75) is 32.1 Å². The van der Waals surface area contributed by atoms with Gasteiger partial charge in [-0.1, -0.05) is 93.6 Å². The normalized spacial score (nSPS) is 15.5. The first kappa shape index (κ1) is 17.5. The first-order valence-corrected chi connectivity index (χ1v) is 10.7. The Kier molecular flexibility index (Phi) is 3.56. The smallest absolute Gasteiger partial charge is 0.140 e. The maximum absolute atomic E-state index is 6.48. The van der Waals surface area contributed by atoms with Gasteiger partial charge < -0.3 is 4.42 Å². The molecule has 1 atom stereocenters. The molecule has 5 aromatic rings. The number of furan rings is 1. The number of hydrogen-bond donors (Lipinski definition) is 0. The number of benzene rings is 4. The molecule has 0 aliphatic heterocycles. The fraction of sp³-hybridized carbons (Fsp3) is 0.172. The van der Waals surface area contributed by atoms with E-state index in [0.717, 1.165) is 11.2 Å². The monoisotopic (exact) mass is 388 g/mol. The topological polar surface area (TPSA) is 13.1 Å². The SMILES string of the molecule is CC(C)(C)c1ccc2c(c1)-c1ccc3c(oc4ccccc43)c1C2c1ccccc1. The van der Waals surface area contributed by atoms with Crippen molar-refractivity contribution in [2.24, 2.45) is 0 Å². The standard InChI is InChI=1S/C29H24O/c1-29(2,3)19-13-14-21-24(17-19)22-15-16-23-20-11-7-8-12-25(20)30-28(23)27(22)26(21)18-9-5-4-6-10-18/h4-17,26H,1-3H3. The van der Waals surface area contributed by atoms with Gasteiger partial charge in [0.15, 0.2) is 0 Å². The largest absolute Gasteiger partial charge is 0.456 e. The molecule has 0 amide bonds. The molecule has 1 aliphatic carbocycles. The van der Waals surface area contributed by atoms with Crippen molar-refractivity contribution < 1.29 is 4.42 Å². The van der Waals surface area contributed by atoms with Crippen molar-refractivity contribution in [1.29, 1.82) is 0 Å². The van der Waals surface area contributed by atoms with Gasteiger partial charge in [-0.3, -0.25) is 0 Å². The summed E-state index contributed by atoms with van der Waals surface area (Å²) in [4.78, 5) is 0. The summed E-state index contributed by atoms with van der Waals surface area (Å²) >= 11 is 0. The zero-order valence-electron chi connectivity index (χ0n) is 17.6. The number of hydrogen-bond acceptors (Lipinski definition) is 1. The van der Waals surface area contributed by atoms with Crippen LogP contribution in [0.2, 0.25) is 0 Å². The van der Waals surface area contributed by atoms with Crippen LogP contribution in [0.25, 0.3) is 33.1 Å². The highest BCUT2D eigenvalue weighted by Gasteiger charge is 2.34. The lowest BCUT2D eigenvalue weighted by Crippen LogP contribution is -2.11. The lowest BCUT2D eigenvalue weighted by Gasteiger charge is -2.21. The van der Waals surface area contributed by atoms with Gasteiger partial charge in [-0.15, -0.1) is 0 Å². The van der Waals surface area contributed by atoms with Crippen LogP contribution >= 0.6 is 0 Å². The molecule has 0 N–H and O–H groups in total. The van der Waals surface area contributed by atoms with Crippen LogP contribution in [0.4, 0.5) is 0 Å². The van der Waals surface area contributed by atoms with Crippen molar-refractivity contribution in [2.75, 3.05) is 0 Å². The third kappa shape index (κ3) is 2.42. The van der Waals surface area contributed by atoms with E-state index in [9.17, 15) is 0 Å². The highest BCUT2D eigenvalue weighted by Crippen LogP contribution is 2.52. The molecule has 30 heavy (non-hydrogen) atoms. The Morgan fingerprint density at radius 1 is 0.700 bits per heavy atom. The zero-order valence-corrected chi connectivity index (χ0v) is 17.6. The van der Waals surface area contributed by atoms with Gasteiger partial charge in [-0.05, 0) is 45.4 Å². The minimum atomic E-state index is 0.115. The molecule has 1 heteroatoms. The summed E-state index contributed by atoms with van der Waals surface area (Å²) in [5.74, 6) is 0.189. The fourth-order valence-corrected chi connectivity index (χ4v) is 4.99. The van der Waals surface area contributed by atoms with Crippen molar-refractivity contribution >= 4 is 21.9 Å². The van der Waals surface area contributed by atoms with E-state index >= 15 is 0 Å². The van der Waals surface area contributed by atoms with E-state index in [1.807, 2.05) is 6.07 Å². The van der Waals surface area contributed by atoms with E-state index in [1.165, 1.54) is 44.2 Å². The highest BCUT2D eigenvalue weighted by atomic mass is 16.3. The van der Waals surface area contributed by atoms with Gasteiger partial charge in [0.1, 0.15) is 11.2 Å². The van der Waals surface area contributed by atoms with E-state index in [-0.39, 0.29) is 11.3 Å². The molecular formula is C29H24O. The van der Waals surface area contributed by atoms with Crippen LogP contribution < -0.4 is 0 Å². The third-order valence-corrected chi connectivity index (χ3v) is 6.53. The van der Waals surface area contributed by atoms with Crippen LogP contribution in [0.5, 0.6) is 0 Å². The summed E-state index contributed by atoms with van der Waals surface area (Å²) < 4.78 is 6.48. The van der Waals surface area contributed by atoms with Gasteiger partial charge in [0.25, 0.3) is 0 Å². The fourth-order valence-electron chi connectivity index (χ4n) is 4.99. The first-order valence-electron chi connectivity index (χ1n) is 10.7. The second kappa shape index (κ2) is 6.09. The average molecular weight is 389 g/mol. The summed E-state index contributed by atoms with van der Waals surface area (Å²) in [6.45, 7) is 6.84. The third-order valence-electron chi connectivity index (χ3n) is 6.53. The van der Waals surface area contributed by atoms with Crippen LogP contribution in [-0.4, -0.2) is 0 Å².